The van der Waals surface area contributed by atoms with E-state index in [1.165, 1.54) is 0 Å². The minimum atomic E-state index is -0.0775. The number of carbonyl (C=O) groups excluding carboxylic acids is 1. The van der Waals surface area contributed by atoms with Gasteiger partial charge in [0, 0.05) is 48.4 Å². The molecule has 0 atom stereocenters. The van der Waals surface area contributed by atoms with Crippen LogP contribution in [0.5, 0.6) is 0 Å². The highest BCUT2D eigenvalue weighted by molar-refractivity contribution is 7.13. The Morgan fingerprint density at radius 3 is 2.40 bits per heavy atom. The third-order valence-electron chi connectivity index (χ3n) is 4.85. The molecule has 30 heavy (non-hydrogen) atoms. The van der Waals surface area contributed by atoms with E-state index in [9.17, 15) is 4.79 Å². The maximum absolute atomic E-state index is 12.5. The van der Waals surface area contributed by atoms with Crippen LogP contribution in [-0.2, 0) is 6.54 Å². The second-order valence-electron chi connectivity index (χ2n) is 7.23. The van der Waals surface area contributed by atoms with Crippen LogP contribution in [0.3, 0.4) is 0 Å². The Morgan fingerprint density at radius 2 is 1.67 bits per heavy atom. The van der Waals surface area contributed by atoms with E-state index >= 15 is 0 Å². The number of aromatic nitrogens is 1. The van der Waals surface area contributed by atoms with Gasteiger partial charge >= 0.3 is 0 Å². The number of benzene rings is 3. The van der Waals surface area contributed by atoms with Crippen LogP contribution in [-0.4, -0.2) is 25.0 Å². The predicted molar refractivity (Wildman–Crippen MR) is 125 cm³/mol. The molecule has 150 valence electrons. The third kappa shape index (κ3) is 4.58. The van der Waals surface area contributed by atoms with E-state index in [0.717, 1.165) is 33.1 Å². The summed E-state index contributed by atoms with van der Waals surface area (Å²) in [6.45, 7) is 0.471. The van der Waals surface area contributed by atoms with Crippen molar-refractivity contribution in [2.75, 3.05) is 19.0 Å². The van der Waals surface area contributed by atoms with Gasteiger partial charge in [-0.3, -0.25) is 4.79 Å². The Hall–Kier alpha value is -3.44. The highest BCUT2D eigenvalue weighted by Gasteiger charge is 2.09. The lowest BCUT2D eigenvalue weighted by Gasteiger charge is -2.12. The van der Waals surface area contributed by atoms with E-state index in [1.807, 2.05) is 73.6 Å². The fourth-order valence-corrected chi connectivity index (χ4v) is 3.98. The fourth-order valence-electron chi connectivity index (χ4n) is 3.16. The van der Waals surface area contributed by atoms with Gasteiger partial charge in [-0.15, -0.1) is 11.3 Å². The van der Waals surface area contributed by atoms with E-state index in [-0.39, 0.29) is 5.91 Å². The Labute approximate surface area is 180 Å². The van der Waals surface area contributed by atoms with Crippen molar-refractivity contribution in [3.05, 3.63) is 95.4 Å². The quantitative estimate of drug-likeness (QED) is 0.456. The molecule has 0 aliphatic carbocycles. The van der Waals surface area contributed by atoms with Crippen LogP contribution in [0.25, 0.3) is 21.8 Å². The largest absolute Gasteiger partial charge is 0.378 e. The topological polar surface area (TPSA) is 45.2 Å². The molecule has 1 N–H and O–H groups in total. The van der Waals surface area contributed by atoms with Crippen molar-refractivity contribution < 1.29 is 4.79 Å². The summed E-state index contributed by atoms with van der Waals surface area (Å²) >= 11 is 1.63. The van der Waals surface area contributed by atoms with Gasteiger partial charge in [-0.25, -0.2) is 4.98 Å². The van der Waals surface area contributed by atoms with E-state index in [0.29, 0.717) is 12.1 Å². The minimum absolute atomic E-state index is 0.0775. The molecule has 4 aromatic rings. The van der Waals surface area contributed by atoms with Crippen molar-refractivity contribution in [3.8, 4) is 21.8 Å². The molecule has 0 spiro atoms. The summed E-state index contributed by atoms with van der Waals surface area (Å²) in [5.74, 6) is -0.0775. The molecule has 0 unspecified atom stereocenters. The van der Waals surface area contributed by atoms with Gasteiger partial charge in [0.25, 0.3) is 5.91 Å². The first-order chi connectivity index (χ1) is 14.6. The minimum Gasteiger partial charge on any atom is -0.378 e. The van der Waals surface area contributed by atoms with Crippen LogP contribution in [0.15, 0.2) is 84.2 Å². The highest BCUT2D eigenvalue weighted by atomic mass is 32.1. The Balaban J connectivity index is 1.44. The Bertz CT molecular complexity index is 1130. The molecule has 0 aliphatic rings. The van der Waals surface area contributed by atoms with Crippen LogP contribution >= 0.6 is 11.3 Å². The number of nitrogens with one attached hydrogen (secondary N) is 1. The van der Waals surface area contributed by atoms with Crippen molar-refractivity contribution in [2.24, 2.45) is 0 Å². The Morgan fingerprint density at radius 1 is 0.933 bits per heavy atom. The Kier molecular flexibility index (Phi) is 5.91. The zero-order chi connectivity index (χ0) is 20.9. The van der Waals surface area contributed by atoms with E-state index in [1.54, 1.807) is 11.3 Å². The third-order valence-corrected chi connectivity index (χ3v) is 5.74. The molecule has 0 radical (unpaired) electrons. The lowest BCUT2D eigenvalue weighted by Crippen LogP contribution is -2.22. The number of nitrogens with zero attached hydrogens (tertiary/aromatic N) is 2. The van der Waals surface area contributed by atoms with Crippen molar-refractivity contribution in [2.45, 2.75) is 6.54 Å². The number of amides is 1. The molecule has 1 heterocycles. The van der Waals surface area contributed by atoms with Gasteiger partial charge in [0.15, 0.2) is 0 Å². The molecule has 0 saturated carbocycles. The number of hydrogen-bond donors (Lipinski definition) is 1. The van der Waals surface area contributed by atoms with Gasteiger partial charge < -0.3 is 10.2 Å². The summed E-state index contributed by atoms with van der Waals surface area (Å²) in [4.78, 5) is 19.3. The first-order valence-corrected chi connectivity index (χ1v) is 10.6. The number of rotatable bonds is 6. The summed E-state index contributed by atoms with van der Waals surface area (Å²) in [6.07, 6.45) is 0. The smallest absolute Gasteiger partial charge is 0.251 e. The molecule has 1 amide bonds. The number of anilines is 1. The zero-order valence-corrected chi connectivity index (χ0v) is 17.8. The maximum atomic E-state index is 12.5. The molecular formula is C25H23N3OS. The highest BCUT2D eigenvalue weighted by Crippen LogP contribution is 2.29. The summed E-state index contributed by atoms with van der Waals surface area (Å²) < 4.78 is 0. The summed E-state index contributed by atoms with van der Waals surface area (Å²) in [6, 6.07) is 25.9. The molecule has 3 aromatic carbocycles. The van der Waals surface area contributed by atoms with Gasteiger partial charge in [0.05, 0.1) is 5.69 Å². The SMILES string of the molecule is CN(C)c1ccc(C(=O)NCc2cccc(-c3nc(-c4ccccc4)cs3)c2)cc1. The molecule has 4 nitrogen and oxygen atoms in total. The van der Waals surface area contributed by atoms with E-state index in [2.05, 4.69) is 35.0 Å². The van der Waals surface area contributed by atoms with Crippen molar-refractivity contribution in [3.63, 3.8) is 0 Å². The van der Waals surface area contributed by atoms with Gasteiger partial charge in [-0.05, 0) is 35.9 Å². The van der Waals surface area contributed by atoms with Gasteiger partial charge in [0.1, 0.15) is 5.01 Å². The maximum Gasteiger partial charge on any atom is 0.251 e. The van der Waals surface area contributed by atoms with Crippen LogP contribution in [0, 0.1) is 0 Å². The molecule has 0 aliphatic heterocycles. The molecule has 4 rings (SSSR count). The predicted octanol–water partition coefficient (Wildman–Crippen LogP) is 5.47. The van der Waals surface area contributed by atoms with Gasteiger partial charge in [-0.2, -0.15) is 0 Å². The number of thiazole rings is 1. The van der Waals surface area contributed by atoms with Crippen LogP contribution in [0.1, 0.15) is 15.9 Å². The molecule has 0 fully saturated rings. The fraction of sp³-hybridized carbons (Fsp3) is 0.120. The normalized spacial score (nSPS) is 10.6. The van der Waals surface area contributed by atoms with E-state index < -0.39 is 0 Å². The average Bonchev–Trinajstić information content (AvgIpc) is 3.29. The standard InChI is InChI=1S/C25H23N3OS/c1-28(2)22-13-11-20(12-14-22)24(29)26-16-18-7-6-10-21(15-18)25-27-23(17-30-25)19-8-4-3-5-9-19/h3-15,17H,16H2,1-2H3,(H,26,29). The molecule has 1 aromatic heterocycles. The van der Waals surface area contributed by atoms with Gasteiger partial charge in [0.2, 0.25) is 0 Å². The molecule has 5 heteroatoms. The zero-order valence-electron chi connectivity index (χ0n) is 17.0. The molecule has 0 bridgehead atoms. The summed E-state index contributed by atoms with van der Waals surface area (Å²) in [7, 11) is 3.96. The van der Waals surface area contributed by atoms with Crippen molar-refractivity contribution in [1.82, 2.24) is 10.3 Å². The average molecular weight is 414 g/mol. The lowest BCUT2D eigenvalue weighted by molar-refractivity contribution is 0.0951. The lowest BCUT2D eigenvalue weighted by atomic mass is 10.1. The van der Waals surface area contributed by atoms with Crippen LogP contribution in [0.4, 0.5) is 5.69 Å². The van der Waals surface area contributed by atoms with Crippen LogP contribution in [0.2, 0.25) is 0 Å². The second kappa shape index (κ2) is 8.93. The first kappa shape index (κ1) is 19.9. The van der Waals surface area contributed by atoms with Gasteiger partial charge in [-0.1, -0.05) is 48.5 Å². The molecular weight excluding hydrogens is 390 g/mol. The van der Waals surface area contributed by atoms with Crippen molar-refractivity contribution in [1.29, 1.82) is 0 Å². The van der Waals surface area contributed by atoms with E-state index in [4.69, 9.17) is 4.98 Å². The summed E-state index contributed by atoms with van der Waals surface area (Å²) in [5.41, 5.74) is 5.92. The first-order valence-electron chi connectivity index (χ1n) is 9.76. The number of carbonyl (C=O) groups is 1. The van der Waals surface area contributed by atoms with Crippen LogP contribution < -0.4 is 10.2 Å². The second-order valence-corrected chi connectivity index (χ2v) is 8.09. The van der Waals surface area contributed by atoms with Crippen molar-refractivity contribution >= 4 is 22.9 Å². The monoisotopic (exact) mass is 413 g/mol. The number of hydrogen-bond acceptors (Lipinski definition) is 4. The molecule has 0 saturated heterocycles. The summed E-state index contributed by atoms with van der Waals surface area (Å²) in [5, 5.41) is 6.06.